The molecule has 12 aromatic rings. The molecule has 0 spiro atoms. The fourth-order valence-corrected chi connectivity index (χ4v) is 16.3. The number of rotatable bonds is 19. The van der Waals surface area contributed by atoms with Gasteiger partial charge in [-0.15, -0.1) is 0 Å². The number of alkyl halides is 1. The molecule has 0 radical (unpaired) electrons. The fourth-order valence-electron chi connectivity index (χ4n) is 15.9. The molecule has 5 aromatic heterocycles. The van der Waals surface area contributed by atoms with Crippen molar-refractivity contribution in [3.8, 4) is 0 Å². The zero-order chi connectivity index (χ0) is 106. The van der Waals surface area contributed by atoms with E-state index in [0.29, 0.717) is 67.7 Å². The molecule has 0 fully saturated rings. The number of methoxy groups -OCH3 is 8. The molecule has 7 aromatic carbocycles. The number of nitrogens with zero attached hydrogens (tertiary/aromatic N) is 9. The van der Waals surface area contributed by atoms with Crippen LogP contribution in [0, 0.1) is 26.2 Å². The maximum atomic E-state index is 12.0. The van der Waals surface area contributed by atoms with Gasteiger partial charge in [-0.3, -0.25) is 34.5 Å². The number of esters is 4. The minimum atomic E-state index is -0.820. The molecule has 0 bridgehead atoms. The van der Waals surface area contributed by atoms with E-state index in [4.69, 9.17) is 64.5 Å². The minimum Gasteiger partial charge on any atom is -0.483 e. The molecule has 0 unspecified atom stereocenters. The number of hydrogen-bond donors (Lipinski definition) is 5. The second kappa shape index (κ2) is 62.8. The molecule has 147 heavy (non-hydrogen) atoms. The third kappa shape index (κ3) is 40.9. The van der Waals surface area contributed by atoms with Gasteiger partial charge in [-0.05, 0) is 278 Å². The van der Waals surface area contributed by atoms with Crippen LogP contribution in [0.1, 0.15) is 163 Å². The van der Waals surface area contributed by atoms with Gasteiger partial charge in [0, 0.05) is 110 Å². The predicted molar refractivity (Wildman–Crippen MR) is 584 cm³/mol. The number of halogens is 1. The Kier molecular flexibility index (Phi) is 52.4. The standard InChI is InChI=1S/C19H23N3O2.C19H27NO4.C18H22N2O4.C14H19NO2.C13H14N2O2.C10H8BrN.C10H9N.C9H16N2O2.C2H6O.CH3.Pd/c1-12(2)17-19(24-4)21-16(18(22-17)23-3)11-13-7-8-15-14(10-13)6-5-9-20-15;1-19(2,3)24-18(22)20-16(17(21)23-4)12-13-9-10-14-7-5-6-8-15(14)11-13;1-18(2,3)24-17(22)20-15(16(21)23-4)11-12-7-8-14-13(10-12)6-5-9-19-14;1-17-14(16)13(15)9-10-6-7-11-4-2-3-5-12(11)8-10;1-17-13(16)11(14)8-9-4-5-12-10(7-9)3-2-6-15-12;11-7-8-3-4-10-9(6-8)2-1-5-12-10;1-8-4-5-10-9(7-8)3-2-6-11-10;1-6(2)8-9(13-4)10-5-7(11-8)12-3;1-2-3;;/h5-10,12,16-17H,11H2,1-4H3;9-11,16H,5-8,12H2,1-4H3,(H,20,22);5-10,15H,11H2,1-4H3,(H,20,22);6-8,13H,2-5,9,15H2,1H3;2-7,11H,8,14H2,1H3;1-6H,7H2;2-7H,1H3;6,8H,5H2,1-4H3;3H,2H2,1H3;1H3;/q;;;;;;;;;-1;/t16-,17+;16-;15-;13-;11-;;;8-;;;/m00000..1.../s1. The number of alkyl carbamates (subject to hydrolysis) is 2. The summed E-state index contributed by atoms with van der Waals surface area (Å²) in [5, 5.41) is 19.2. The summed E-state index contributed by atoms with van der Waals surface area (Å²) in [5.41, 5.74) is 28.5. The SMILES string of the molecule is BrCc1ccc2ncccc2c1.CCO.COC(=O)[C@@H](N)Cc1ccc2c(c1)CCCC2.COC(=O)[C@@H](N)Cc1ccc2ncccc2c1.COC(=O)[C@H](Cc1ccc2c(c1)CCCC2)NC(=O)OC(C)(C)C.COC(=O)[C@H](Cc1ccc2ncccc2c1)NC(=O)OC(C)(C)C.COC1=N[C@H](C(C)C)C(OC)=NC1.COC1=N[C@H](C(C)C)C(OC)=N[C@H]1Cc1ccc2ncccc2c1.Cc1ccc2ncccc2c1.[CH3-].[Pd]. The Bertz CT molecular complexity index is 6350. The van der Waals surface area contributed by atoms with Crippen LogP contribution >= 0.6 is 15.9 Å². The number of nitrogens with two attached hydrogens (primary N) is 2. The van der Waals surface area contributed by atoms with Gasteiger partial charge in [-0.1, -0.05) is 146 Å². The molecule has 7 atom stereocenters. The summed E-state index contributed by atoms with van der Waals surface area (Å²) < 4.78 is 50.4. The maximum absolute atomic E-state index is 12.0. The largest absolute Gasteiger partial charge is 0.483 e. The van der Waals surface area contributed by atoms with Crippen LogP contribution in [0.5, 0.6) is 0 Å². The average Bonchev–Trinajstić information content (AvgIpc) is 0.804. The van der Waals surface area contributed by atoms with Crippen LogP contribution < -0.4 is 22.1 Å². The number of carbonyl (C=O) groups is 6. The number of aliphatic imine (C=N–C) groups is 4. The van der Waals surface area contributed by atoms with Gasteiger partial charge in [-0.25, -0.2) is 39.1 Å². The first-order chi connectivity index (χ1) is 69.4. The van der Waals surface area contributed by atoms with Gasteiger partial charge in [0.2, 0.25) is 23.6 Å². The van der Waals surface area contributed by atoms with Crippen LogP contribution in [-0.4, -0.2) is 213 Å². The summed E-state index contributed by atoms with van der Waals surface area (Å²) in [5.74, 6) is 1.68. The number of nitrogens with one attached hydrogen (secondary N) is 2. The van der Waals surface area contributed by atoms with Crippen molar-refractivity contribution in [2.45, 2.75) is 225 Å². The van der Waals surface area contributed by atoms with Gasteiger partial charge in [-0.2, -0.15) is 0 Å². The van der Waals surface area contributed by atoms with Gasteiger partial charge in [0.05, 0.1) is 84.5 Å². The summed E-state index contributed by atoms with van der Waals surface area (Å²) in [4.78, 5) is 110. The van der Waals surface area contributed by atoms with E-state index >= 15 is 0 Å². The van der Waals surface area contributed by atoms with E-state index in [9.17, 15) is 28.8 Å². The van der Waals surface area contributed by atoms with Gasteiger partial charge >= 0.3 is 36.1 Å². The van der Waals surface area contributed by atoms with Crippen LogP contribution in [0.2, 0.25) is 0 Å². The summed E-state index contributed by atoms with van der Waals surface area (Å²) >= 11 is 3.42. The summed E-state index contributed by atoms with van der Waals surface area (Å²) in [6.45, 7) is 23.5. The molecule has 30 nitrogen and oxygen atoms in total. The molecule has 7 heterocycles. The normalized spacial score (nSPS) is 14.9. The van der Waals surface area contributed by atoms with E-state index < -0.39 is 65.5 Å². The first-order valence-corrected chi connectivity index (χ1v) is 49.9. The number of aliphatic hydroxyl groups excluding tert-OH is 1. The van der Waals surface area contributed by atoms with E-state index in [1.54, 1.807) is 95.5 Å². The van der Waals surface area contributed by atoms with Crippen LogP contribution in [0.3, 0.4) is 0 Å². The summed E-state index contributed by atoms with van der Waals surface area (Å²) in [6, 6.07) is 59.9. The zero-order valence-electron chi connectivity index (χ0n) is 88.6. The third-order valence-electron chi connectivity index (χ3n) is 23.1. The van der Waals surface area contributed by atoms with Crippen LogP contribution in [0.25, 0.3) is 54.5 Å². The Hall–Kier alpha value is -13.1. The number of aliphatic hydroxyl groups is 1. The van der Waals surface area contributed by atoms with Gasteiger partial charge < -0.3 is 82.0 Å². The number of fused-ring (bicyclic) bond motifs is 7. The number of carbonyl (C=O) groups excluding carboxylic acids is 6. The molecule has 0 saturated heterocycles. The fraction of sp³-hybridized carbons (Fsp3) is 0.409. The first kappa shape index (κ1) is 123. The van der Waals surface area contributed by atoms with Crippen molar-refractivity contribution in [2.75, 3.05) is 70.0 Å². The quantitative estimate of drug-likeness (QED) is 0.0165. The number of aryl methyl sites for hydroxylation is 5. The predicted octanol–water partition coefficient (Wildman–Crippen LogP) is 19.4. The van der Waals surface area contributed by atoms with E-state index in [2.05, 4.69) is 190 Å². The van der Waals surface area contributed by atoms with E-state index in [-0.39, 0.29) is 58.6 Å². The van der Waals surface area contributed by atoms with E-state index in [1.807, 2.05) is 116 Å². The molecule has 2 amide bonds. The molecular formula is C115H147BrN13O17Pd-. The van der Waals surface area contributed by atoms with E-state index in [0.717, 1.165) is 97.0 Å². The zero-order valence-corrected chi connectivity index (χ0v) is 91.8. The third-order valence-corrected chi connectivity index (χ3v) is 23.8. The van der Waals surface area contributed by atoms with Crippen LogP contribution in [0.4, 0.5) is 9.59 Å². The number of ether oxygens (including phenoxy) is 10. The van der Waals surface area contributed by atoms with E-state index in [1.165, 1.54) is 110 Å². The number of benzene rings is 7. The van der Waals surface area contributed by atoms with Crippen molar-refractivity contribution < 1.29 is 102 Å². The molecule has 4 aliphatic rings. The van der Waals surface area contributed by atoms with Gasteiger partial charge in [0.25, 0.3) is 0 Å². The van der Waals surface area contributed by atoms with Crippen molar-refractivity contribution in [3.05, 3.63) is 288 Å². The number of amides is 2. The molecule has 7 N–H and O–H groups in total. The van der Waals surface area contributed by atoms with Crippen molar-refractivity contribution in [1.82, 2.24) is 35.6 Å². The topological polar surface area (TPSA) is 405 Å². The number of pyridine rings is 5. The van der Waals surface area contributed by atoms with Gasteiger partial charge in [0.1, 0.15) is 60.0 Å². The monoisotopic (exact) mass is 2170 g/mol. The first-order valence-electron chi connectivity index (χ1n) is 48.7. The van der Waals surface area contributed by atoms with Crippen molar-refractivity contribution in [3.63, 3.8) is 0 Å². The Balaban J connectivity index is 0.000000258. The summed E-state index contributed by atoms with van der Waals surface area (Å²) in [6.07, 6.45) is 19.6. The van der Waals surface area contributed by atoms with Gasteiger partial charge in [0.15, 0.2) is 0 Å². The maximum Gasteiger partial charge on any atom is 0.408 e. The molecule has 792 valence electrons. The second-order valence-corrected chi connectivity index (χ2v) is 38.0. The molecule has 16 rings (SSSR count). The molecular weight excluding hydrogens is 2020 g/mol. The Morgan fingerprint density at radius 1 is 0.408 bits per heavy atom. The van der Waals surface area contributed by atoms with Crippen LogP contribution in [0.15, 0.2) is 239 Å². The summed E-state index contributed by atoms with van der Waals surface area (Å²) in [7, 11) is 11.9. The van der Waals surface area contributed by atoms with Crippen LogP contribution in [-0.2, 0) is 150 Å². The second-order valence-electron chi connectivity index (χ2n) is 37.4. The minimum absolute atomic E-state index is 0. The number of aromatic nitrogens is 5. The number of hydrogen-bond acceptors (Lipinski definition) is 28. The smallest absolute Gasteiger partial charge is 0.408 e. The Labute approximate surface area is 887 Å². The van der Waals surface area contributed by atoms with Crippen molar-refractivity contribution in [1.29, 1.82) is 0 Å². The molecule has 2 aliphatic heterocycles. The Morgan fingerprint density at radius 2 is 0.735 bits per heavy atom. The molecule has 0 saturated carbocycles. The molecule has 32 heteroatoms. The van der Waals surface area contributed by atoms with Crippen molar-refractivity contribution in [2.24, 2.45) is 43.3 Å². The van der Waals surface area contributed by atoms with Crippen molar-refractivity contribution >= 4 is 130 Å². The molecule has 2 aliphatic carbocycles. The average molecular weight is 2170 g/mol. The Morgan fingerprint density at radius 3 is 1.10 bits per heavy atom.